The number of aryl methyl sites for hydroxylation is 1. The number of carbonyl (C=O) groups is 1. The quantitative estimate of drug-likeness (QED) is 0.906. The molecular weight excluding hydrogens is 314 g/mol. The first-order valence-electron chi connectivity index (χ1n) is 9.04. The van der Waals surface area contributed by atoms with E-state index >= 15 is 0 Å². The lowest BCUT2D eigenvalue weighted by Crippen LogP contribution is -2.37. The zero-order valence-electron chi connectivity index (χ0n) is 14.6. The number of amides is 1. The van der Waals surface area contributed by atoms with Gasteiger partial charge in [-0.3, -0.25) is 9.48 Å². The van der Waals surface area contributed by atoms with E-state index in [4.69, 9.17) is 0 Å². The molecule has 2 atom stereocenters. The molecule has 2 aromatic rings. The van der Waals surface area contributed by atoms with Crippen molar-refractivity contribution in [3.8, 4) is 0 Å². The molecule has 1 saturated carbocycles. The first-order valence-corrected chi connectivity index (χ1v) is 9.04. The predicted octanol–water partition coefficient (Wildman–Crippen LogP) is 1.98. The van der Waals surface area contributed by atoms with Crippen molar-refractivity contribution in [1.82, 2.24) is 14.7 Å². The maximum atomic E-state index is 13.2. The van der Waals surface area contributed by atoms with Crippen molar-refractivity contribution in [3.05, 3.63) is 53.9 Å². The number of benzene rings is 1. The summed E-state index contributed by atoms with van der Waals surface area (Å²) in [5.41, 5.74) is 2.13. The third kappa shape index (κ3) is 3.09. The molecule has 1 N–H and O–H groups in total. The topological polar surface area (TPSA) is 58.4 Å². The summed E-state index contributed by atoms with van der Waals surface area (Å²) in [4.78, 5) is 15.2. The standard InChI is InChI=1S/C20H25N3O2/c1-22-11-16(10-21-22)18-13-23(12-17(18)14-24)19(25)20(7-8-20)9-15-5-3-2-4-6-15/h2-6,10-11,17-18,24H,7-9,12-14H2,1H3/t17-,18-/m0/s1. The Morgan fingerprint density at radius 2 is 2.04 bits per heavy atom. The Balaban J connectivity index is 1.49. The Morgan fingerprint density at radius 1 is 1.28 bits per heavy atom. The van der Waals surface area contributed by atoms with Crippen LogP contribution in [0.3, 0.4) is 0 Å². The number of likely N-dealkylation sites (tertiary alicyclic amines) is 1. The van der Waals surface area contributed by atoms with Gasteiger partial charge >= 0.3 is 0 Å². The minimum Gasteiger partial charge on any atom is -0.396 e. The number of aliphatic hydroxyl groups is 1. The minimum atomic E-state index is -0.217. The summed E-state index contributed by atoms with van der Waals surface area (Å²) in [7, 11) is 1.90. The molecule has 132 valence electrons. The molecule has 1 aliphatic heterocycles. The fraction of sp³-hybridized carbons (Fsp3) is 0.500. The minimum absolute atomic E-state index is 0.0978. The fourth-order valence-corrected chi connectivity index (χ4v) is 4.17. The van der Waals surface area contributed by atoms with E-state index in [9.17, 15) is 9.90 Å². The van der Waals surface area contributed by atoms with Crippen LogP contribution in [0, 0.1) is 11.3 Å². The zero-order chi connectivity index (χ0) is 17.4. The lowest BCUT2D eigenvalue weighted by Gasteiger charge is -2.23. The summed E-state index contributed by atoms with van der Waals surface area (Å²) in [5.74, 6) is 0.539. The van der Waals surface area contributed by atoms with E-state index in [0.717, 1.165) is 24.8 Å². The Labute approximate surface area is 148 Å². The van der Waals surface area contributed by atoms with E-state index in [0.29, 0.717) is 13.1 Å². The van der Waals surface area contributed by atoms with Gasteiger partial charge in [0.1, 0.15) is 0 Å². The van der Waals surface area contributed by atoms with Crippen LogP contribution in [-0.4, -0.2) is 45.4 Å². The van der Waals surface area contributed by atoms with Crippen LogP contribution in [0.1, 0.15) is 29.9 Å². The van der Waals surface area contributed by atoms with Crippen LogP contribution in [0.25, 0.3) is 0 Å². The Bertz CT molecular complexity index is 751. The van der Waals surface area contributed by atoms with E-state index < -0.39 is 0 Å². The number of carbonyl (C=O) groups excluding carboxylic acids is 1. The van der Waals surface area contributed by atoms with Crippen molar-refractivity contribution in [3.63, 3.8) is 0 Å². The molecule has 5 heteroatoms. The van der Waals surface area contributed by atoms with Gasteiger partial charge in [-0.2, -0.15) is 5.10 Å². The Morgan fingerprint density at radius 3 is 2.64 bits per heavy atom. The van der Waals surface area contributed by atoms with E-state index in [1.807, 2.05) is 42.5 Å². The predicted molar refractivity (Wildman–Crippen MR) is 94.9 cm³/mol. The third-order valence-corrected chi connectivity index (χ3v) is 5.81. The second-order valence-electron chi connectivity index (χ2n) is 7.65. The molecule has 1 aromatic heterocycles. The van der Waals surface area contributed by atoms with Gasteiger partial charge < -0.3 is 10.0 Å². The van der Waals surface area contributed by atoms with Gasteiger partial charge in [0.25, 0.3) is 0 Å². The highest BCUT2D eigenvalue weighted by Crippen LogP contribution is 2.51. The van der Waals surface area contributed by atoms with E-state index in [1.165, 1.54) is 5.56 Å². The highest BCUT2D eigenvalue weighted by molar-refractivity contribution is 5.86. The molecule has 0 spiro atoms. The second-order valence-corrected chi connectivity index (χ2v) is 7.65. The number of aromatic nitrogens is 2. The molecule has 1 aromatic carbocycles. The van der Waals surface area contributed by atoms with E-state index in [2.05, 4.69) is 17.2 Å². The molecule has 1 saturated heterocycles. The first-order chi connectivity index (χ1) is 12.1. The van der Waals surface area contributed by atoms with Crippen LogP contribution in [0.4, 0.5) is 0 Å². The first kappa shape index (κ1) is 16.3. The van der Waals surface area contributed by atoms with Crippen molar-refractivity contribution in [2.45, 2.75) is 25.2 Å². The van der Waals surface area contributed by atoms with Crippen molar-refractivity contribution >= 4 is 5.91 Å². The van der Waals surface area contributed by atoms with Gasteiger partial charge in [0.2, 0.25) is 5.91 Å². The molecule has 2 aliphatic rings. The average molecular weight is 339 g/mol. The largest absolute Gasteiger partial charge is 0.396 e. The number of aliphatic hydroxyl groups excluding tert-OH is 1. The van der Waals surface area contributed by atoms with Crippen molar-refractivity contribution < 1.29 is 9.90 Å². The number of hydrogen-bond donors (Lipinski definition) is 1. The molecule has 1 amide bonds. The summed E-state index contributed by atoms with van der Waals surface area (Å²) in [6, 6.07) is 10.3. The summed E-state index contributed by atoms with van der Waals surface area (Å²) < 4.78 is 1.78. The molecular formula is C20H25N3O2. The van der Waals surface area contributed by atoms with Crippen LogP contribution in [-0.2, 0) is 18.3 Å². The van der Waals surface area contributed by atoms with Crippen LogP contribution in [0.15, 0.2) is 42.7 Å². The summed E-state index contributed by atoms with van der Waals surface area (Å²) in [5, 5.41) is 14.0. The molecule has 4 rings (SSSR count). The van der Waals surface area contributed by atoms with Crippen LogP contribution in [0.5, 0.6) is 0 Å². The van der Waals surface area contributed by atoms with Crippen molar-refractivity contribution in [2.24, 2.45) is 18.4 Å². The van der Waals surface area contributed by atoms with E-state index in [-0.39, 0.29) is 29.8 Å². The SMILES string of the molecule is Cn1cc([C@@H]2CN(C(=O)C3(Cc4ccccc4)CC3)C[C@H]2CO)cn1. The van der Waals surface area contributed by atoms with Gasteiger partial charge in [0.05, 0.1) is 11.6 Å². The summed E-state index contributed by atoms with van der Waals surface area (Å²) in [6.45, 7) is 1.44. The van der Waals surface area contributed by atoms with E-state index in [1.54, 1.807) is 4.68 Å². The molecule has 0 bridgehead atoms. The zero-order valence-corrected chi connectivity index (χ0v) is 14.6. The number of nitrogens with zero attached hydrogens (tertiary/aromatic N) is 3. The number of hydrogen-bond acceptors (Lipinski definition) is 3. The maximum Gasteiger partial charge on any atom is 0.229 e. The lowest BCUT2D eigenvalue weighted by atomic mass is 9.92. The molecule has 2 heterocycles. The van der Waals surface area contributed by atoms with Gasteiger partial charge in [0.15, 0.2) is 0 Å². The van der Waals surface area contributed by atoms with Crippen molar-refractivity contribution in [2.75, 3.05) is 19.7 Å². The molecule has 1 aliphatic carbocycles. The van der Waals surface area contributed by atoms with Gasteiger partial charge in [0, 0.05) is 44.8 Å². The summed E-state index contributed by atoms with van der Waals surface area (Å²) in [6.07, 6.45) is 6.62. The molecule has 25 heavy (non-hydrogen) atoms. The molecule has 2 fully saturated rings. The van der Waals surface area contributed by atoms with Crippen molar-refractivity contribution in [1.29, 1.82) is 0 Å². The average Bonchev–Trinajstić information content (AvgIpc) is 3.07. The molecule has 0 unspecified atom stereocenters. The lowest BCUT2D eigenvalue weighted by molar-refractivity contribution is -0.136. The van der Waals surface area contributed by atoms with Crippen LogP contribution in [0.2, 0.25) is 0 Å². The van der Waals surface area contributed by atoms with Crippen LogP contribution < -0.4 is 0 Å². The van der Waals surface area contributed by atoms with Gasteiger partial charge in [-0.05, 0) is 30.4 Å². The normalized spacial score (nSPS) is 24.5. The van der Waals surface area contributed by atoms with Gasteiger partial charge in [-0.1, -0.05) is 30.3 Å². The number of rotatable bonds is 5. The second kappa shape index (κ2) is 6.30. The van der Waals surface area contributed by atoms with Gasteiger partial charge in [-0.25, -0.2) is 0 Å². The smallest absolute Gasteiger partial charge is 0.229 e. The maximum absolute atomic E-state index is 13.2. The highest BCUT2D eigenvalue weighted by atomic mass is 16.3. The third-order valence-electron chi connectivity index (χ3n) is 5.81. The highest BCUT2D eigenvalue weighted by Gasteiger charge is 2.53. The monoisotopic (exact) mass is 339 g/mol. The van der Waals surface area contributed by atoms with Crippen LogP contribution >= 0.6 is 0 Å². The fourth-order valence-electron chi connectivity index (χ4n) is 4.17. The molecule has 5 nitrogen and oxygen atoms in total. The Kier molecular flexibility index (Phi) is 4.12. The molecule has 0 radical (unpaired) electrons. The summed E-state index contributed by atoms with van der Waals surface area (Å²) >= 11 is 0. The van der Waals surface area contributed by atoms with Gasteiger partial charge in [-0.15, -0.1) is 0 Å². The Hall–Kier alpha value is -2.14.